The maximum absolute atomic E-state index is 10.7. The molecule has 1 amide bonds. The van der Waals surface area contributed by atoms with Crippen LogP contribution >= 0.6 is 0 Å². The van der Waals surface area contributed by atoms with Gasteiger partial charge in [-0.2, -0.15) is 0 Å². The number of carbonyl (C=O) groups excluding carboxylic acids is 1. The molecule has 0 aromatic carbocycles. The van der Waals surface area contributed by atoms with E-state index in [1.165, 1.54) is 12.4 Å². The largest absolute Gasteiger partial charge is 0.385 e. The van der Waals surface area contributed by atoms with Crippen LogP contribution in [0.5, 0.6) is 0 Å². The fourth-order valence-corrected chi connectivity index (χ4v) is 1.05. The summed E-state index contributed by atoms with van der Waals surface area (Å²) in [5.41, 5.74) is 5.09. The van der Waals surface area contributed by atoms with E-state index in [-0.39, 0.29) is 5.56 Å². The van der Waals surface area contributed by atoms with E-state index < -0.39 is 18.1 Å². The summed E-state index contributed by atoms with van der Waals surface area (Å²) in [6, 6.07) is 0. The molecule has 1 rings (SSSR count). The van der Waals surface area contributed by atoms with Gasteiger partial charge in [0.1, 0.15) is 6.10 Å². The van der Waals surface area contributed by atoms with Crippen molar-refractivity contribution in [2.24, 2.45) is 5.73 Å². The van der Waals surface area contributed by atoms with Gasteiger partial charge < -0.3 is 20.8 Å². The molecule has 2 unspecified atom stereocenters. The van der Waals surface area contributed by atoms with Crippen LogP contribution in [0.4, 0.5) is 5.95 Å². The first kappa shape index (κ1) is 12.3. The van der Waals surface area contributed by atoms with Crippen molar-refractivity contribution < 1.29 is 15.0 Å². The van der Waals surface area contributed by atoms with Gasteiger partial charge in [0.05, 0.1) is 0 Å². The lowest BCUT2D eigenvalue weighted by Crippen LogP contribution is -2.34. The molecular formula is C9H14N4O3. The van der Waals surface area contributed by atoms with Gasteiger partial charge in [0.15, 0.2) is 6.10 Å². The molecule has 0 spiro atoms. The lowest BCUT2D eigenvalue weighted by molar-refractivity contribution is -0.132. The van der Waals surface area contributed by atoms with Crippen LogP contribution in [0.1, 0.15) is 11.7 Å². The topological polar surface area (TPSA) is 113 Å². The first-order valence-electron chi connectivity index (χ1n) is 4.58. The second kappa shape index (κ2) is 4.86. The Bertz CT molecular complexity index is 366. The quantitative estimate of drug-likeness (QED) is 0.571. The number of hydrogen-bond acceptors (Lipinski definition) is 6. The van der Waals surface area contributed by atoms with Crippen LogP contribution in [-0.4, -0.2) is 46.3 Å². The summed E-state index contributed by atoms with van der Waals surface area (Å²) in [5, 5.41) is 18.8. The molecule has 0 bridgehead atoms. The van der Waals surface area contributed by atoms with Crippen molar-refractivity contribution >= 4 is 11.9 Å². The van der Waals surface area contributed by atoms with E-state index in [2.05, 4.69) is 9.97 Å². The van der Waals surface area contributed by atoms with E-state index in [9.17, 15) is 15.0 Å². The molecule has 0 aliphatic carbocycles. The summed E-state index contributed by atoms with van der Waals surface area (Å²) >= 11 is 0. The molecule has 1 aromatic heterocycles. The van der Waals surface area contributed by atoms with E-state index in [0.717, 1.165) is 0 Å². The number of carbonyl (C=O) groups is 1. The lowest BCUT2D eigenvalue weighted by atomic mass is 10.1. The maximum atomic E-state index is 10.7. The number of anilines is 1. The van der Waals surface area contributed by atoms with Gasteiger partial charge in [-0.25, -0.2) is 9.97 Å². The number of aliphatic hydroxyl groups is 2. The lowest BCUT2D eigenvalue weighted by Gasteiger charge is -2.15. The van der Waals surface area contributed by atoms with Crippen molar-refractivity contribution in [2.75, 3.05) is 19.0 Å². The fourth-order valence-electron chi connectivity index (χ4n) is 1.05. The van der Waals surface area contributed by atoms with Crippen LogP contribution in [-0.2, 0) is 4.79 Å². The minimum absolute atomic E-state index is 0.233. The molecule has 0 saturated heterocycles. The van der Waals surface area contributed by atoms with Crippen molar-refractivity contribution in [3.05, 3.63) is 18.0 Å². The molecule has 7 heteroatoms. The van der Waals surface area contributed by atoms with Crippen molar-refractivity contribution in [2.45, 2.75) is 12.2 Å². The summed E-state index contributed by atoms with van der Waals surface area (Å²) in [4.78, 5) is 20.2. The van der Waals surface area contributed by atoms with Gasteiger partial charge in [-0.1, -0.05) is 0 Å². The molecule has 1 heterocycles. The first-order chi connectivity index (χ1) is 7.43. The number of nitrogens with two attached hydrogens (primary N) is 1. The summed E-state index contributed by atoms with van der Waals surface area (Å²) in [5.74, 6) is -0.534. The van der Waals surface area contributed by atoms with Gasteiger partial charge in [-0.3, -0.25) is 4.79 Å². The Morgan fingerprint density at radius 1 is 1.38 bits per heavy atom. The van der Waals surface area contributed by atoms with Crippen LogP contribution in [0.25, 0.3) is 0 Å². The van der Waals surface area contributed by atoms with E-state index >= 15 is 0 Å². The highest BCUT2D eigenvalue weighted by atomic mass is 16.3. The molecule has 0 aliphatic heterocycles. The van der Waals surface area contributed by atoms with Crippen molar-refractivity contribution in [1.29, 1.82) is 0 Å². The van der Waals surface area contributed by atoms with Crippen LogP contribution in [0.15, 0.2) is 12.4 Å². The average Bonchev–Trinajstić information content (AvgIpc) is 2.27. The number of aliphatic hydroxyl groups excluding tert-OH is 2. The number of primary amides is 1. The standard InChI is InChI=1S/C9H14N4O3/c1-13(2)9-11-3-5(4-12-9)6(14)7(15)8(10)16/h3-4,6-7,14-15H,1-2H3,(H2,10,16). The van der Waals surface area contributed by atoms with Crippen molar-refractivity contribution in [3.63, 3.8) is 0 Å². The summed E-state index contributed by atoms with van der Waals surface area (Å²) in [6.45, 7) is 0. The molecule has 7 nitrogen and oxygen atoms in total. The number of amides is 1. The van der Waals surface area contributed by atoms with Gasteiger partial charge in [0, 0.05) is 32.1 Å². The average molecular weight is 226 g/mol. The first-order valence-corrected chi connectivity index (χ1v) is 4.58. The van der Waals surface area contributed by atoms with E-state index in [0.29, 0.717) is 5.95 Å². The zero-order valence-electron chi connectivity index (χ0n) is 9.03. The molecule has 0 radical (unpaired) electrons. The molecule has 2 atom stereocenters. The Hall–Kier alpha value is -1.73. The number of nitrogens with zero attached hydrogens (tertiary/aromatic N) is 3. The monoisotopic (exact) mass is 226 g/mol. The summed E-state index contributed by atoms with van der Waals surface area (Å²) in [6.07, 6.45) is -0.402. The van der Waals surface area contributed by atoms with Crippen LogP contribution in [0.2, 0.25) is 0 Å². The molecule has 0 aliphatic rings. The third kappa shape index (κ3) is 2.65. The Morgan fingerprint density at radius 3 is 2.25 bits per heavy atom. The third-order valence-electron chi connectivity index (χ3n) is 1.99. The molecular weight excluding hydrogens is 212 g/mol. The normalized spacial score (nSPS) is 14.2. The van der Waals surface area contributed by atoms with E-state index in [1.54, 1.807) is 19.0 Å². The van der Waals surface area contributed by atoms with Crippen LogP contribution in [0, 0.1) is 0 Å². The van der Waals surface area contributed by atoms with Crippen LogP contribution in [0.3, 0.4) is 0 Å². The molecule has 16 heavy (non-hydrogen) atoms. The van der Waals surface area contributed by atoms with Gasteiger partial charge in [-0.15, -0.1) is 0 Å². The van der Waals surface area contributed by atoms with Crippen molar-refractivity contribution in [3.8, 4) is 0 Å². The van der Waals surface area contributed by atoms with Gasteiger partial charge in [0.2, 0.25) is 11.9 Å². The zero-order chi connectivity index (χ0) is 12.3. The highest BCUT2D eigenvalue weighted by Gasteiger charge is 2.23. The van der Waals surface area contributed by atoms with Gasteiger partial charge in [-0.05, 0) is 0 Å². The highest BCUT2D eigenvalue weighted by Crippen LogP contribution is 2.15. The minimum Gasteiger partial charge on any atom is -0.385 e. The van der Waals surface area contributed by atoms with Crippen LogP contribution < -0.4 is 10.6 Å². The Morgan fingerprint density at radius 2 is 1.88 bits per heavy atom. The predicted octanol–water partition coefficient (Wildman–Crippen LogP) is -1.58. The second-order valence-electron chi connectivity index (χ2n) is 3.50. The predicted molar refractivity (Wildman–Crippen MR) is 56.5 cm³/mol. The SMILES string of the molecule is CN(C)c1ncc(C(O)C(O)C(N)=O)cn1. The van der Waals surface area contributed by atoms with Gasteiger partial charge >= 0.3 is 0 Å². The Kier molecular flexibility index (Phi) is 3.75. The molecule has 88 valence electrons. The second-order valence-corrected chi connectivity index (χ2v) is 3.50. The Labute approximate surface area is 92.5 Å². The smallest absolute Gasteiger partial charge is 0.249 e. The Balaban J connectivity index is 2.85. The van der Waals surface area contributed by atoms with Crippen molar-refractivity contribution in [1.82, 2.24) is 9.97 Å². The number of rotatable bonds is 4. The van der Waals surface area contributed by atoms with E-state index in [4.69, 9.17) is 5.73 Å². The number of aromatic nitrogens is 2. The highest BCUT2D eigenvalue weighted by molar-refractivity contribution is 5.79. The summed E-state index contributed by atoms with van der Waals surface area (Å²) in [7, 11) is 3.54. The number of hydrogen-bond donors (Lipinski definition) is 3. The van der Waals surface area contributed by atoms with E-state index in [1.807, 2.05) is 0 Å². The molecule has 4 N–H and O–H groups in total. The summed E-state index contributed by atoms with van der Waals surface area (Å²) < 4.78 is 0. The minimum atomic E-state index is -1.66. The maximum Gasteiger partial charge on any atom is 0.249 e. The molecule has 0 saturated carbocycles. The zero-order valence-corrected chi connectivity index (χ0v) is 9.03. The molecule has 0 fully saturated rings. The third-order valence-corrected chi connectivity index (χ3v) is 1.99. The fraction of sp³-hybridized carbons (Fsp3) is 0.444. The molecule has 1 aromatic rings. The van der Waals surface area contributed by atoms with Gasteiger partial charge in [0.25, 0.3) is 0 Å².